The highest BCUT2D eigenvalue weighted by atomic mass is 16.5. The van der Waals surface area contributed by atoms with Crippen molar-refractivity contribution in [2.75, 3.05) is 26.8 Å². The molecular formula is C10H20N4O2. The van der Waals surface area contributed by atoms with Gasteiger partial charge in [-0.25, -0.2) is 4.98 Å². The Morgan fingerprint density at radius 2 is 2.38 bits per heavy atom. The average Bonchev–Trinajstić information content (AvgIpc) is 2.59. The third-order valence-electron chi connectivity index (χ3n) is 2.33. The molecule has 0 saturated heterocycles. The molecule has 0 aliphatic rings. The maximum Gasteiger partial charge on any atom is 0.138 e. The van der Waals surface area contributed by atoms with E-state index in [0.717, 1.165) is 12.4 Å². The molecule has 16 heavy (non-hydrogen) atoms. The normalized spacial score (nSPS) is 15.0. The molecule has 0 bridgehead atoms. The van der Waals surface area contributed by atoms with Crippen molar-refractivity contribution < 1.29 is 9.84 Å². The number of rotatable bonds is 7. The molecule has 0 aliphatic heterocycles. The summed E-state index contributed by atoms with van der Waals surface area (Å²) in [6.07, 6.45) is 1.97. The second-order valence-corrected chi connectivity index (χ2v) is 4.14. The molecule has 2 N–H and O–H groups in total. The number of aromatic nitrogens is 3. The van der Waals surface area contributed by atoms with Crippen LogP contribution in [0.1, 0.15) is 12.7 Å². The summed E-state index contributed by atoms with van der Waals surface area (Å²) in [4.78, 5) is 4.08. The van der Waals surface area contributed by atoms with Gasteiger partial charge < -0.3 is 15.2 Å². The van der Waals surface area contributed by atoms with Crippen molar-refractivity contribution in [1.29, 1.82) is 0 Å². The first kappa shape index (κ1) is 13.1. The molecule has 0 saturated carbocycles. The molecule has 1 rings (SSSR count). The van der Waals surface area contributed by atoms with Crippen molar-refractivity contribution in [2.24, 2.45) is 7.05 Å². The zero-order valence-electron chi connectivity index (χ0n) is 10.1. The van der Waals surface area contributed by atoms with Gasteiger partial charge in [-0.1, -0.05) is 0 Å². The van der Waals surface area contributed by atoms with Crippen LogP contribution in [0.25, 0.3) is 0 Å². The molecule has 6 heteroatoms. The van der Waals surface area contributed by atoms with E-state index in [-0.39, 0.29) is 0 Å². The number of aliphatic hydroxyl groups is 1. The number of methoxy groups -OCH3 is 1. The van der Waals surface area contributed by atoms with Gasteiger partial charge in [0.05, 0.1) is 12.2 Å². The lowest BCUT2D eigenvalue weighted by Gasteiger charge is -2.23. The van der Waals surface area contributed by atoms with Gasteiger partial charge >= 0.3 is 0 Å². The Morgan fingerprint density at radius 1 is 1.62 bits per heavy atom. The van der Waals surface area contributed by atoms with E-state index in [4.69, 9.17) is 4.74 Å². The standard InChI is InChI=1S/C10H20N4O2/c1-10(15,7-11-4-5-16-3)6-9-12-8-13-14(9)2/h8,11,15H,4-7H2,1-3H3. The van der Waals surface area contributed by atoms with E-state index in [0.29, 0.717) is 19.6 Å². The molecule has 1 aromatic heterocycles. The summed E-state index contributed by atoms with van der Waals surface area (Å²) in [6.45, 7) is 3.65. The summed E-state index contributed by atoms with van der Waals surface area (Å²) in [6, 6.07) is 0. The molecule has 92 valence electrons. The Bertz CT molecular complexity index is 312. The summed E-state index contributed by atoms with van der Waals surface area (Å²) in [7, 11) is 3.47. The van der Waals surface area contributed by atoms with Crippen LogP contribution in [0.5, 0.6) is 0 Å². The molecule has 0 spiro atoms. The molecule has 0 amide bonds. The van der Waals surface area contributed by atoms with Gasteiger partial charge in [-0.05, 0) is 6.92 Å². The molecule has 0 aliphatic carbocycles. The van der Waals surface area contributed by atoms with E-state index in [1.54, 1.807) is 18.7 Å². The fourth-order valence-corrected chi connectivity index (χ4v) is 1.42. The average molecular weight is 228 g/mol. The molecule has 1 heterocycles. The Kier molecular flexibility index (Phi) is 4.85. The van der Waals surface area contributed by atoms with E-state index in [9.17, 15) is 5.11 Å². The van der Waals surface area contributed by atoms with Crippen LogP contribution >= 0.6 is 0 Å². The molecule has 0 aromatic carbocycles. The van der Waals surface area contributed by atoms with Gasteiger partial charge in [-0.2, -0.15) is 5.10 Å². The summed E-state index contributed by atoms with van der Waals surface area (Å²) >= 11 is 0. The van der Waals surface area contributed by atoms with Crippen molar-refractivity contribution in [2.45, 2.75) is 18.9 Å². The summed E-state index contributed by atoms with van der Waals surface area (Å²) in [5, 5.41) is 17.2. The second kappa shape index (κ2) is 5.93. The lowest BCUT2D eigenvalue weighted by molar-refractivity contribution is 0.0553. The van der Waals surface area contributed by atoms with E-state index in [2.05, 4.69) is 15.4 Å². The molecule has 1 atom stereocenters. The third-order valence-corrected chi connectivity index (χ3v) is 2.33. The highest BCUT2D eigenvalue weighted by molar-refractivity contribution is 4.93. The molecule has 1 aromatic rings. The highest BCUT2D eigenvalue weighted by Crippen LogP contribution is 2.09. The number of nitrogens with zero attached hydrogens (tertiary/aromatic N) is 3. The van der Waals surface area contributed by atoms with Crippen LogP contribution in [0.3, 0.4) is 0 Å². The first-order chi connectivity index (χ1) is 7.55. The fourth-order valence-electron chi connectivity index (χ4n) is 1.42. The minimum absolute atomic E-state index is 0.476. The maximum absolute atomic E-state index is 10.1. The highest BCUT2D eigenvalue weighted by Gasteiger charge is 2.22. The topological polar surface area (TPSA) is 72.2 Å². The number of ether oxygens (including phenoxy) is 1. The van der Waals surface area contributed by atoms with Gasteiger partial charge in [-0.3, -0.25) is 4.68 Å². The fraction of sp³-hybridized carbons (Fsp3) is 0.800. The first-order valence-electron chi connectivity index (χ1n) is 5.30. The number of hydrogen-bond acceptors (Lipinski definition) is 5. The lowest BCUT2D eigenvalue weighted by atomic mass is 10.0. The minimum atomic E-state index is -0.825. The molecule has 0 radical (unpaired) electrons. The molecule has 0 fully saturated rings. The third kappa shape index (κ3) is 4.26. The number of hydrogen-bond donors (Lipinski definition) is 2. The van der Waals surface area contributed by atoms with Gasteiger partial charge in [0, 0.05) is 33.7 Å². The summed E-state index contributed by atoms with van der Waals surface area (Å²) in [5.74, 6) is 0.776. The maximum atomic E-state index is 10.1. The summed E-state index contributed by atoms with van der Waals surface area (Å²) in [5.41, 5.74) is -0.825. The Morgan fingerprint density at radius 3 is 2.94 bits per heavy atom. The zero-order chi connectivity index (χ0) is 12.0. The van der Waals surface area contributed by atoms with Gasteiger partial charge in [-0.15, -0.1) is 0 Å². The van der Waals surface area contributed by atoms with Crippen molar-refractivity contribution in [3.8, 4) is 0 Å². The molecular weight excluding hydrogens is 208 g/mol. The van der Waals surface area contributed by atoms with Crippen LogP contribution in [-0.2, 0) is 18.2 Å². The van der Waals surface area contributed by atoms with Crippen LogP contribution < -0.4 is 5.32 Å². The SMILES string of the molecule is COCCNCC(C)(O)Cc1ncnn1C. The predicted octanol–water partition coefficient (Wildman–Crippen LogP) is -0.655. The van der Waals surface area contributed by atoms with Crippen LogP contribution in [0.4, 0.5) is 0 Å². The first-order valence-corrected chi connectivity index (χ1v) is 5.30. The Hall–Kier alpha value is -0.980. The Labute approximate surface area is 95.6 Å². The van der Waals surface area contributed by atoms with Crippen molar-refractivity contribution >= 4 is 0 Å². The second-order valence-electron chi connectivity index (χ2n) is 4.14. The van der Waals surface area contributed by atoms with E-state index < -0.39 is 5.60 Å². The van der Waals surface area contributed by atoms with Crippen molar-refractivity contribution in [1.82, 2.24) is 20.1 Å². The number of nitrogens with one attached hydrogen (secondary N) is 1. The number of aryl methyl sites for hydroxylation is 1. The van der Waals surface area contributed by atoms with Crippen LogP contribution in [0, 0.1) is 0 Å². The zero-order valence-corrected chi connectivity index (χ0v) is 10.1. The van der Waals surface area contributed by atoms with E-state index in [1.807, 2.05) is 7.05 Å². The monoisotopic (exact) mass is 228 g/mol. The van der Waals surface area contributed by atoms with E-state index >= 15 is 0 Å². The van der Waals surface area contributed by atoms with Crippen molar-refractivity contribution in [3.63, 3.8) is 0 Å². The van der Waals surface area contributed by atoms with Crippen LogP contribution in [0.2, 0.25) is 0 Å². The van der Waals surface area contributed by atoms with Gasteiger partial charge in [0.15, 0.2) is 0 Å². The Balaban J connectivity index is 2.36. The predicted molar refractivity (Wildman–Crippen MR) is 60.1 cm³/mol. The van der Waals surface area contributed by atoms with Gasteiger partial charge in [0.2, 0.25) is 0 Å². The smallest absolute Gasteiger partial charge is 0.138 e. The minimum Gasteiger partial charge on any atom is -0.388 e. The quantitative estimate of drug-likeness (QED) is 0.606. The van der Waals surface area contributed by atoms with E-state index in [1.165, 1.54) is 6.33 Å². The van der Waals surface area contributed by atoms with Crippen LogP contribution in [0.15, 0.2) is 6.33 Å². The summed E-state index contributed by atoms with van der Waals surface area (Å²) < 4.78 is 6.58. The molecule has 6 nitrogen and oxygen atoms in total. The lowest BCUT2D eigenvalue weighted by Crippen LogP contribution is -2.41. The van der Waals surface area contributed by atoms with Gasteiger partial charge in [0.25, 0.3) is 0 Å². The molecule has 1 unspecified atom stereocenters. The van der Waals surface area contributed by atoms with Gasteiger partial charge in [0.1, 0.15) is 12.2 Å². The van der Waals surface area contributed by atoms with Crippen molar-refractivity contribution in [3.05, 3.63) is 12.2 Å². The largest absolute Gasteiger partial charge is 0.388 e. The van der Waals surface area contributed by atoms with Crippen LogP contribution in [-0.4, -0.2) is 52.3 Å².